The fourth-order valence-corrected chi connectivity index (χ4v) is 4.01. The zero-order chi connectivity index (χ0) is 21.7. The van der Waals surface area contributed by atoms with E-state index in [1.165, 1.54) is 11.1 Å². The molecule has 0 aliphatic carbocycles. The predicted octanol–water partition coefficient (Wildman–Crippen LogP) is 3.64. The van der Waals surface area contributed by atoms with E-state index >= 15 is 0 Å². The van der Waals surface area contributed by atoms with Crippen molar-refractivity contribution in [2.45, 2.75) is 47.0 Å². The van der Waals surface area contributed by atoms with Crippen molar-refractivity contribution in [2.75, 3.05) is 38.2 Å². The Kier molecular flexibility index (Phi) is 7.29. The lowest BCUT2D eigenvalue weighted by atomic mass is 10.0. The Bertz CT molecular complexity index is 874. The summed E-state index contributed by atoms with van der Waals surface area (Å²) in [6, 6.07) is 8.18. The molecule has 1 saturated heterocycles. The Morgan fingerprint density at radius 1 is 1.17 bits per heavy atom. The molecule has 0 unspecified atom stereocenters. The molecule has 2 heterocycles. The van der Waals surface area contributed by atoms with Crippen LogP contribution in [0.15, 0.2) is 24.3 Å². The molecule has 0 saturated carbocycles. The molecule has 1 aliphatic heterocycles. The number of rotatable bonds is 7. The first kappa shape index (κ1) is 22.1. The topological polar surface area (TPSA) is 58.6 Å². The maximum Gasteiger partial charge on any atom is 0.222 e. The third-order valence-corrected chi connectivity index (χ3v) is 5.55. The normalized spacial score (nSPS) is 14.3. The number of hydrogen-bond donors (Lipinski definition) is 0. The number of piperazine rings is 1. The van der Waals surface area contributed by atoms with Crippen LogP contribution < -0.4 is 9.64 Å². The number of benzene rings is 1. The van der Waals surface area contributed by atoms with Crippen LogP contribution in [0.1, 0.15) is 49.8 Å². The molecule has 1 fully saturated rings. The molecule has 0 spiro atoms. The van der Waals surface area contributed by atoms with Crippen LogP contribution in [0.5, 0.6) is 5.75 Å². The van der Waals surface area contributed by atoms with Gasteiger partial charge in [-0.2, -0.15) is 0 Å². The summed E-state index contributed by atoms with van der Waals surface area (Å²) in [6.45, 7) is 11.4. The quantitative estimate of drug-likeness (QED) is 0.697. The number of carbonyl (C=O) groups is 1. The third-order valence-electron chi connectivity index (χ3n) is 5.55. The van der Waals surface area contributed by atoms with Crippen molar-refractivity contribution >= 4 is 11.7 Å². The highest BCUT2D eigenvalue weighted by Crippen LogP contribution is 2.27. The average molecular weight is 411 g/mol. The van der Waals surface area contributed by atoms with E-state index in [4.69, 9.17) is 14.7 Å². The van der Waals surface area contributed by atoms with Crippen molar-refractivity contribution in [2.24, 2.45) is 5.92 Å². The maximum atomic E-state index is 12.4. The minimum atomic E-state index is 0.259. The summed E-state index contributed by atoms with van der Waals surface area (Å²) in [6.07, 6.45) is 2.25. The van der Waals surface area contributed by atoms with Gasteiger partial charge in [0.2, 0.25) is 5.91 Å². The number of anilines is 1. The number of aromatic nitrogens is 2. The Labute approximate surface area is 180 Å². The van der Waals surface area contributed by atoms with Gasteiger partial charge in [-0.25, -0.2) is 9.97 Å². The van der Waals surface area contributed by atoms with Gasteiger partial charge in [0.15, 0.2) is 0 Å². The highest BCUT2D eigenvalue weighted by Gasteiger charge is 2.25. The van der Waals surface area contributed by atoms with Crippen molar-refractivity contribution in [1.82, 2.24) is 14.9 Å². The van der Waals surface area contributed by atoms with Gasteiger partial charge in [0, 0.05) is 50.3 Å². The number of carbonyl (C=O) groups excluding carboxylic acids is 1. The molecule has 0 radical (unpaired) electrons. The summed E-state index contributed by atoms with van der Waals surface area (Å²) < 4.78 is 5.40. The standard InChI is InChI=1S/C24H34N4O2/c1-6-22-21(16-19-8-7-9-20(15-19)30-5)24(26-18(4)25-22)28-12-10-27(11-13-28)23(29)14-17(2)3/h7-9,15,17H,6,10-14,16H2,1-5H3. The largest absolute Gasteiger partial charge is 0.497 e. The lowest BCUT2D eigenvalue weighted by Gasteiger charge is -2.37. The molecule has 162 valence electrons. The smallest absolute Gasteiger partial charge is 0.222 e. The maximum absolute atomic E-state index is 12.4. The minimum absolute atomic E-state index is 0.259. The van der Waals surface area contributed by atoms with Crippen LogP contribution in [-0.4, -0.2) is 54.1 Å². The van der Waals surface area contributed by atoms with E-state index in [0.29, 0.717) is 12.3 Å². The summed E-state index contributed by atoms with van der Waals surface area (Å²) in [7, 11) is 1.69. The average Bonchev–Trinajstić information content (AvgIpc) is 2.74. The van der Waals surface area contributed by atoms with E-state index < -0.39 is 0 Å². The zero-order valence-electron chi connectivity index (χ0n) is 18.9. The van der Waals surface area contributed by atoms with Gasteiger partial charge in [-0.15, -0.1) is 0 Å². The van der Waals surface area contributed by atoms with Crippen LogP contribution >= 0.6 is 0 Å². The van der Waals surface area contributed by atoms with Crippen LogP contribution in [0, 0.1) is 12.8 Å². The van der Waals surface area contributed by atoms with E-state index in [1.54, 1.807) is 7.11 Å². The summed E-state index contributed by atoms with van der Waals surface area (Å²) in [5.41, 5.74) is 3.46. The zero-order valence-corrected chi connectivity index (χ0v) is 18.9. The van der Waals surface area contributed by atoms with Gasteiger partial charge in [0.25, 0.3) is 0 Å². The molecule has 6 heteroatoms. The minimum Gasteiger partial charge on any atom is -0.497 e. The summed E-state index contributed by atoms with van der Waals surface area (Å²) in [4.78, 5) is 26.3. The first-order valence-electron chi connectivity index (χ1n) is 10.9. The molecule has 2 aromatic rings. The second-order valence-electron chi connectivity index (χ2n) is 8.37. The predicted molar refractivity (Wildman–Crippen MR) is 120 cm³/mol. The third kappa shape index (κ3) is 5.29. The lowest BCUT2D eigenvalue weighted by molar-refractivity contribution is -0.132. The molecule has 30 heavy (non-hydrogen) atoms. The van der Waals surface area contributed by atoms with Gasteiger partial charge >= 0.3 is 0 Å². The molecule has 3 rings (SSSR count). The number of amides is 1. The van der Waals surface area contributed by atoms with Crippen LogP contribution in [0.2, 0.25) is 0 Å². The SMILES string of the molecule is CCc1nc(C)nc(N2CCN(C(=O)CC(C)C)CC2)c1Cc1cccc(OC)c1. The van der Waals surface area contributed by atoms with Crippen molar-refractivity contribution < 1.29 is 9.53 Å². The molecule has 1 aromatic carbocycles. The first-order chi connectivity index (χ1) is 14.4. The van der Waals surface area contributed by atoms with Crippen molar-refractivity contribution in [3.05, 3.63) is 46.9 Å². The van der Waals surface area contributed by atoms with E-state index in [0.717, 1.165) is 62.1 Å². The Morgan fingerprint density at radius 2 is 1.90 bits per heavy atom. The molecular weight excluding hydrogens is 376 g/mol. The number of aryl methyl sites for hydroxylation is 2. The van der Waals surface area contributed by atoms with Gasteiger partial charge in [-0.05, 0) is 37.0 Å². The van der Waals surface area contributed by atoms with Gasteiger partial charge in [-0.3, -0.25) is 4.79 Å². The Morgan fingerprint density at radius 3 is 2.53 bits per heavy atom. The summed E-state index contributed by atoms with van der Waals surface area (Å²) in [5.74, 6) is 3.32. The highest BCUT2D eigenvalue weighted by atomic mass is 16.5. The molecule has 1 aliphatic rings. The fraction of sp³-hybridized carbons (Fsp3) is 0.542. The molecule has 0 N–H and O–H groups in total. The summed E-state index contributed by atoms with van der Waals surface area (Å²) >= 11 is 0. The molecule has 1 aromatic heterocycles. The van der Waals surface area contributed by atoms with E-state index in [-0.39, 0.29) is 5.91 Å². The molecule has 1 amide bonds. The Hall–Kier alpha value is -2.63. The number of methoxy groups -OCH3 is 1. The molecular formula is C24H34N4O2. The van der Waals surface area contributed by atoms with Crippen molar-refractivity contribution in [1.29, 1.82) is 0 Å². The van der Waals surface area contributed by atoms with Gasteiger partial charge < -0.3 is 14.5 Å². The van der Waals surface area contributed by atoms with Crippen LogP contribution in [0.4, 0.5) is 5.82 Å². The van der Waals surface area contributed by atoms with E-state index in [1.807, 2.05) is 24.0 Å². The fourth-order valence-electron chi connectivity index (χ4n) is 4.01. The molecule has 6 nitrogen and oxygen atoms in total. The monoisotopic (exact) mass is 410 g/mol. The number of nitrogens with zero attached hydrogens (tertiary/aromatic N) is 4. The van der Waals surface area contributed by atoms with Gasteiger partial charge in [0.05, 0.1) is 7.11 Å². The van der Waals surface area contributed by atoms with Crippen molar-refractivity contribution in [3.63, 3.8) is 0 Å². The van der Waals surface area contributed by atoms with Gasteiger partial charge in [0.1, 0.15) is 17.4 Å². The number of hydrogen-bond acceptors (Lipinski definition) is 5. The van der Waals surface area contributed by atoms with E-state index in [2.05, 4.69) is 37.8 Å². The second-order valence-corrected chi connectivity index (χ2v) is 8.37. The molecule has 0 atom stereocenters. The van der Waals surface area contributed by atoms with Crippen LogP contribution in [0.3, 0.4) is 0 Å². The van der Waals surface area contributed by atoms with Crippen LogP contribution in [0.25, 0.3) is 0 Å². The lowest BCUT2D eigenvalue weighted by Crippen LogP contribution is -2.49. The second kappa shape index (κ2) is 9.92. The molecule has 0 bridgehead atoms. The van der Waals surface area contributed by atoms with E-state index in [9.17, 15) is 4.79 Å². The van der Waals surface area contributed by atoms with Crippen molar-refractivity contribution in [3.8, 4) is 5.75 Å². The summed E-state index contributed by atoms with van der Waals surface area (Å²) in [5, 5.41) is 0. The highest BCUT2D eigenvalue weighted by molar-refractivity contribution is 5.76. The Balaban J connectivity index is 1.84. The first-order valence-corrected chi connectivity index (χ1v) is 10.9. The van der Waals surface area contributed by atoms with Crippen LogP contribution in [-0.2, 0) is 17.6 Å². The number of ether oxygens (including phenoxy) is 1. The van der Waals surface area contributed by atoms with Gasteiger partial charge in [-0.1, -0.05) is 32.9 Å².